The zero-order valence-electron chi connectivity index (χ0n) is 29.6. The van der Waals surface area contributed by atoms with Crippen molar-refractivity contribution in [2.24, 2.45) is 5.92 Å². The second-order valence-corrected chi connectivity index (χ2v) is 16.2. The maximum Gasteiger partial charge on any atom is 0.348 e. The van der Waals surface area contributed by atoms with Gasteiger partial charge in [-0.3, -0.25) is 14.4 Å². The van der Waals surface area contributed by atoms with Crippen LogP contribution >= 0.6 is 0 Å². The number of amides is 3. The maximum atomic E-state index is 14.5. The molecule has 17 heteroatoms. The van der Waals surface area contributed by atoms with E-state index in [1.54, 1.807) is 26.8 Å². The van der Waals surface area contributed by atoms with E-state index >= 15 is 0 Å². The van der Waals surface area contributed by atoms with Crippen LogP contribution in [-0.2, 0) is 28.7 Å². The molecule has 2 saturated carbocycles. The van der Waals surface area contributed by atoms with Crippen molar-refractivity contribution >= 4 is 44.8 Å². The number of benzene rings is 1. The van der Waals surface area contributed by atoms with Gasteiger partial charge in [0.1, 0.15) is 41.0 Å². The molecule has 2 aliphatic carbocycles. The Bertz CT molecular complexity index is 2120. The van der Waals surface area contributed by atoms with E-state index in [1.807, 2.05) is 6.08 Å². The molecule has 7 rings (SSSR count). The van der Waals surface area contributed by atoms with Crippen molar-refractivity contribution in [1.82, 2.24) is 30.7 Å². The summed E-state index contributed by atoms with van der Waals surface area (Å²) in [5, 5.41) is 8.68. The molecule has 2 aromatic heterocycles. The highest BCUT2D eigenvalue weighted by molar-refractivity contribution is 7.88. The molecular weight excluding hydrogens is 711 g/mol. The number of aromatic nitrogens is 3. The van der Waals surface area contributed by atoms with E-state index in [1.165, 1.54) is 23.1 Å². The van der Waals surface area contributed by atoms with Gasteiger partial charge in [-0.1, -0.05) is 30.2 Å². The van der Waals surface area contributed by atoms with Crippen LogP contribution in [0.3, 0.4) is 0 Å². The predicted molar refractivity (Wildman–Crippen MR) is 185 cm³/mol. The molecule has 0 unspecified atom stereocenters. The number of hydrogen-bond acceptors (Lipinski definition) is 12. The number of rotatable bonds is 7. The van der Waals surface area contributed by atoms with E-state index in [-0.39, 0.29) is 42.9 Å². The number of aryl methyl sites for hydroxylation is 2. The summed E-state index contributed by atoms with van der Waals surface area (Å²) in [4.78, 5) is 66.0. The first kappa shape index (κ1) is 36.4. The van der Waals surface area contributed by atoms with E-state index in [0.29, 0.717) is 48.2 Å². The second kappa shape index (κ2) is 14.1. The number of nitrogens with one attached hydrogen (secondary N) is 2. The Hall–Kier alpha value is -4.93. The Morgan fingerprint density at radius 2 is 1.87 bits per heavy atom. The minimum Gasteiger partial charge on any atom is -0.471 e. The predicted octanol–water partition coefficient (Wildman–Crippen LogP) is 3.26. The third-order valence-corrected chi connectivity index (χ3v) is 12.1. The number of allylic oxidation sites excluding steroid dienone is 1. The highest BCUT2D eigenvalue weighted by Crippen LogP contribution is 2.47. The van der Waals surface area contributed by atoms with Gasteiger partial charge in [0.25, 0.3) is 5.91 Å². The van der Waals surface area contributed by atoms with Crippen LogP contribution in [0.2, 0.25) is 0 Å². The lowest BCUT2D eigenvalue weighted by Gasteiger charge is -2.29. The molecule has 15 nitrogen and oxygen atoms in total. The first-order valence-corrected chi connectivity index (χ1v) is 19.3. The fourth-order valence-corrected chi connectivity index (χ4v) is 8.17. The van der Waals surface area contributed by atoms with Crippen LogP contribution in [0.5, 0.6) is 5.88 Å². The number of halogens is 1. The van der Waals surface area contributed by atoms with Crippen molar-refractivity contribution in [3.63, 3.8) is 0 Å². The van der Waals surface area contributed by atoms with Crippen LogP contribution in [0.25, 0.3) is 11.0 Å². The van der Waals surface area contributed by atoms with Crippen LogP contribution in [-0.4, -0.2) is 87.7 Å². The van der Waals surface area contributed by atoms with E-state index < -0.39 is 74.5 Å². The fourth-order valence-electron chi connectivity index (χ4n) is 6.96. The van der Waals surface area contributed by atoms with Crippen LogP contribution in [0.1, 0.15) is 85.3 Å². The van der Waals surface area contributed by atoms with Crippen LogP contribution in [0, 0.1) is 32.5 Å². The minimum atomic E-state index is -4.16. The number of carbonyl (C=O) groups excluding carboxylic acids is 4. The van der Waals surface area contributed by atoms with Crippen molar-refractivity contribution in [3.8, 4) is 5.88 Å². The molecule has 0 spiro atoms. The van der Waals surface area contributed by atoms with E-state index in [0.717, 1.165) is 12.8 Å². The maximum absolute atomic E-state index is 14.5. The lowest BCUT2D eigenvalue weighted by atomic mass is 10.0. The normalized spacial score (nSPS) is 27.1. The van der Waals surface area contributed by atoms with Gasteiger partial charge in [-0.15, -0.1) is 0 Å². The van der Waals surface area contributed by atoms with Gasteiger partial charge in [0.2, 0.25) is 17.7 Å². The molecule has 2 N–H and O–H groups in total. The Morgan fingerprint density at radius 1 is 1.08 bits per heavy atom. The molecule has 282 valence electrons. The Kier molecular flexibility index (Phi) is 9.72. The standard InChI is InChI=1S/C36H41FN6O9S/c1-19-21(3)51-42-30(19)32(45)39-27-10-8-6-4-5-7-9-22-17-36(22,35(47)52-53(48,49)25-12-13-25)41-31(44)29-16-24(18-43(29)34(27)46)50-33-20(2)38-26-14-11-23(37)15-28(26)40-33/h7,9,11,14-15,22,24-25,27,29H,4-6,8,10,12-13,16-18H2,1-3H3,(H,39,45)(H,41,44)/b9-7-/t22-,24-,27+,29+,36-/m1/s1. The summed E-state index contributed by atoms with van der Waals surface area (Å²) in [7, 11) is -4.16. The largest absolute Gasteiger partial charge is 0.471 e. The van der Waals surface area contributed by atoms with Gasteiger partial charge in [-0.25, -0.2) is 19.2 Å². The van der Waals surface area contributed by atoms with Crippen LogP contribution in [0.15, 0.2) is 34.9 Å². The molecule has 1 saturated heterocycles. The molecular formula is C36H41FN6O9S. The SMILES string of the molecule is Cc1nc2ccc(F)cc2nc1O[C@@H]1C[C@H]2C(=O)N[C@]3(C(=O)OS(=O)(=O)C4CC4)C[C@H]3/C=C\CCCCC[C@H](NC(=O)c3noc(C)c3C)C(=O)N2C1. The number of nitrogens with zero attached hydrogens (tertiary/aromatic N) is 4. The highest BCUT2D eigenvalue weighted by Gasteiger charge is 2.63. The smallest absolute Gasteiger partial charge is 0.348 e. The topological polar surface area (TPSA) is 200 Å². The summed E-state index contributed by atoms with van der Waals surface area (Å²) in [6.07, 6.45) is 6.69. The van der Waals surface area contributed by atoms with Crippen LogP contribution < -0.4 is 15.4 Å². The summed E-state index contributed by atoms with van der Waals surface area (Å²) in [5.41, 5.74) is 0.0228. The zero-order valence-corrected chi connectivity index (χ0v) is 30.4. The first-order chi connectivity index (χ1) is 25.3. The van der Waals surface area contributed by atoms with E-state index in [9.17, 15) is 32.0 Å². The first-order valence-electron chi connectivity index (χ1n) is 17.9. The Labute approximate surface area is 305 Å². The van der Waals surface area contributed by atoms with Crippen molar-refractivity contribution in [2.45, 2.75) is 108 Å². The number of ether oxygens (including phenoxy) is 1. The number of fused-ring (bicyclic) bond motifs is 3. The molecule has 0 radical (unpaired) electrons. The second-order valence-electron chi connectivity index (χ2n) is 14.4. The average Bonchev–Trinajstić information content (AvgIpc) is 4.01. The third-order valence-electron chi connectivity index (χ3n) is 10.4. The fraction of sp³-hybridized carbons (Fsp3) is 0.528. The molecule has 4 aliphatic rings. The molecule has 3 aromatic rings. The van der Waals surface area contributed by atoms with Crippen molar-refractivity contribution in [2.75, 3.05) is 6.54 Å². The monoisotopic (exact) mass is 752 g/mol. The summed E-state index contributed by atoms with van der Waals surface area (Å²) >= 11 is 0. The summed E-state index contributed by atoms with van der Waals surface area (Å²) < 4.78 is 55.9. The van der Waals surface area contributed by atoms with Gasteiger partial charge >= 0.3 is 16.1 Å². The molecule has 0 bridgehead atoms. The lowest BCUT2D eigenvalue weighted by molar-refractivity contribution is -0.144. The molecule has 1 aromatic carbocycles. The molecule has 3 amide bonds. The minimum absolute atomic E-state index is 0.0384. The molecule has 4 heterocycles. The Balaban J connectivity index is 1.20. The lowest BCUT2D eigenvalue weighted by Crippen LogP contribution is -2.56. The molecule has 5 atom stereocenters. The molecule has 2 aliphatic heterocycles. The van der Waals surface area contributed by atoms with Gasteiger partial charge in [-0.05, 0) is 71.4 Å². The summed E-state index contributed by atoms with van der Waals surface area (Å²) in [5.74, 6) is -3.44. The zero-order chi connectivity index (χ0) is 37.7. The van der Waals surface area contributed by atoms with Gasteiger partial charge < -0.3 is 29.0 Å². The Morgan fingerprint density at radius 3 is 2.60 bits per heavy atom. The van der Waals surface area contributed by atoms with Gasteiger partial charge in [0.05, 0.1) is 22.8 Å². The highest BCUT2D eigenvalue weighted by atomic mass is 32.2. The number of carbonyl (C=O) groups is 4. The van der Waals surface area contributed by atoms with Gasteiger partial charge in [0, 0.05) is 24.0 Å². The molecule has 53 heavy (non-hydrogen) atoms. The van der Waals surface area contributed by atoms with Gasteiger partial charge in [-0.2, -0.15) is 8.42 Å². The van der Waals surface area contributed by atoms with Gasteiger partial charge in [0.15, 0.2) is 5.69 Å². The van der Waals surface area contributed by atoms with Crippen molar-refractivity contribution in [1.29, 1.82) is 0 Å². The summed E-state index contributed by atoms with van der Waals surface area (Å²) in [6.45, 7) is 4.92. The molecule has 3 fully saturated rings. The quantitative estimate of drug-likeness (QED) is 0.264. The summed E-state index contributed by atoms with van der Waals surface area (Å²) in [6, 6.07) is 1.73. The van der Waals surface area contributed by atoms with Crippen molar-refractivity contribution in [3.05, 3.63) is 58.9 Å². The van der Waals surface area contributed by atoms with E-state index in [2.05, 4.69) is 25.8 Å². The number of hydrogen-bond donors (Lipinski definition) is 2. The van der Waals surface area contributed by atoms with Crippen LogP contribution in [0.4, 0.5) is 4.39 Å². The van der Waals surface area contributed by atoms with Crippen molar-refractivity contribution < 1.29 is 45.4 Å². The average molecular weight is 753 g/mol. The third kappa shape index (κ3) is 7.48. The van der Waals surface area contributed by atoms with E-state index in [4.69, 9.17) is 13.4 Å².